The number of aliphatic hydroxyl groups is 1. The zero-order valence-corrected chi connectivity index (χ0v) is 11.7. The molecular formula is C12H20N2O3S. The smallest absolute Gasteiger partial charge is 0.241 e. The maximum Gasteiger partial charge on any atom is 0.241 e. The van der Waals surface area contributed by atoms with E-state index in [9.17, 15) is 13.5 Å². The van der Waals surface area contributed by atoms with E-state index in [1.807, 2.05) is 0 Å². The second-order valence-corrected chi connectivity index (χ2v) is 6.31. The van der Waals surface area contributed by atoms with Crippen molar-refractivity contribution in [3.8, 4) is 0 Å². The molecule has 5 nitrogen and oxygen atoms in total. The molecule has 0 heterocycles. The van der Waals surface area contributed by atoms with Crippen molar-refractivity contribution >= 4 is 15.7 Å². The van der Waals surface area contributed by atoms with Gasteiger partial charge in [0.25, 0.3) is 0 Å². The maximum absolute atomic E-state index is 12.1. The van der Waals surface area contributed by atoms with E-state index in [4.69, 9.17) is 5.73 Å². The van der Waals surface area contributed by atoms with Crippen LogP contribution in [0.5, 0.6) is 0 Å². The summed E-state index contributed by atoms with van der Waals surface area (Å²) in [6, 6.07) is 4.43. The third-order valence-electron chi connectivity index (χ3n) is 2.55. The molecule has 0 spiro atoms. The van der Waals surface area contributed by atoms with Gasteiger partial charge >= 0.3 is 0 Å². The molecule has 0 aliphatic rings. The Morgan fingerprint density at radius 1 is 1.39 bits per heavy atom. The van der Waals surface area contributed by atoms with Gasteiger partial charge in [0.2, 0.25) is 10.0 Å². The van der Waals surface area contributed by atoms with Crippen molar-refractivity contribution < 1.29 is 13.5 Å². The highest BCUT2D eigenvalue weighted by atomic mass is 32.2. The number of nitrogen functional groups attached to an aromatic ring is 1. The minimum absolute atomic E-state index is 0.181. The van der Waals surface area contributed by atoms with Crippen LogP contribution in [-0.4, -0.2) is 25.7 Å². The SMILES string of the molecule is Cc1ccc(N)cc1S(=O)(=O)NC(C)CC(C)O. The zero-order chi connectivity index (χ0) is 13.9. The summed E-state index contributed by atoms with van der Waals surface area (Å²) in [4.78, 5) is 0.181. The van der Waals surface area contributed by atoms with Crippen LogP contribution in [0.3, 0.4) is 0 Å². The molecule has 18 heavy (non-hydrogen) atoms. The minimum Gasteiger partial charge on any atom is -0.399 e. The molecule has 6 heteroatoms. The Kier molecular flexibility index (Phi) is 4.72. The number of anilines is 1. The molecule has 0 aliphatic carbocycles. The van der Waals surface area contributed by atoms with Crippen molar-refractivity contribution in [2.24, 2.45) is 0 Å². The van der Waals surface area contributed by atoms with Gasteiger partial charge in [0.05, 0.1) is 11.0 Å². The van der Waals surface area contributed by atoms with E-state index >= 15 is 0 Å². The number of aliphatic hydroxyl groups excluding tert-OH is 1. The van der Waals surface area contributed by atoms with Crippen LogP contribution < -0.4 is 10.5 Å². The van der Waals surface area contributed by atoms with Gasteiger partial charge in [0, 0.05) is 11.7 Å². The van der Waals surface area contributed by atoms with Crippen LogP contribution in [0.15, 0.2) is 23.1 Å². The zero-order valence-electron chi connectivity index (χ0n) is 10.8. The number of nitrogens with two attached hydrogens (primary N) is 1. The average Bonchev–Trinajstić information content (AvgIpc) is 2.19. The molecule has 0 fully saturated rings. The van der Waals surface area contributed by atoms with Crippen LogP contribution in [0.2, 0.25) is 0 Å². The average molecular weight is 272 g/mol. The summed E-state index contributed by atoms with van der Waals surface area (Å²) in [5.74, 6) is 0. The quantitative estimate of drug-likeness (QED) is 0.698. The lowest BCUT2D eigenvalue weighted by Crippen LogP contribution is -2.35. The Morgan fingerprint density at radius 2 is 2.00 bits per heavy atom. The second-order valence-electron chi connectivity index (χ2n) is 4.63. The van der Waals surface area contributed by atoms with Crippen molar-refractivity contribution in [3.05, 3.63) is 23.8 Å². The molecule has 0 aliphatic heterocycles. The molecule has 0 amide bonds. The summed E-state index contributed by atoms with van der Waals surface area (Å²) in [5, 5.41) is 9.23. The van der Waals surface area contributed by atoms with Crippen LogP contribution in [0.1, 0.15) is 25.8 Å². The van der Waals surface area contributed by atoms with E-state index in [-0.39, 0.29) is 10.9 Å². The van der Waals surface area contributed by atoms with Gasteiger partial charge in [-0.2, -0.15) is 0 Å². The van der Waals surface area contributed by atoms with Crippen LogP contribution >= 0.6 is 0 Å². The molecule has 0 saturated heterocycles. The molecule has 0 radical (unpaired) electrons. The number of rotatable bonds is 5. The largest absolute Gasteiger partial charge is 0.399 e. The summed E-state index contributed by atoms with van der Waals surface area (Å²) >= 11 is 0. The first kappa shape index (κ1) is 14.9. The fourth-order valence-corrected chi connectivity index (χ4v) is 3.33. The second kappa shape index (κ2) is 5.69. The van der Waals surface area contributed by atoms with Crippen molar-refractivity contribution in [2.45, 2.75) is 44.2 Å². The van der Waals surface area contributed by atoms with Gasteiger partial charge in [0.1, 0.15) is 0 Å². The van der Waals surface area contributed by atoms with Crippen molar-refractivity contribution in [1.29, 1.82) is 0 Å². The van der Waals surface area contributed by atoms with E-state index in [2.05, 4.69) is 4.72 Å². The number of sulfonamides is 1. The summed E-state index contributed by atoms with van der Waals surface area (Å²) in [6.07, 6.45) is -0.190. The monoisotopic (exact) mass is 272 g/mol. The fraction of sp³-hybridized carbons (Fsp3) is 0.500. The number of benzene rings is 1. The number of aryl methyl sites for hydroxylation is 1. The lowest BCUT2D eigenvalue weighted by Gasteiger charge is -2.16. The molecule has 1 aromatic rings. The highest BCUT2D eigenvalue weighted by Crippen LogP contribution is 2.18. The Balaban J connectivity index is 2.96. The van der Waals surface area contributed by atoms with Gasteiger partial charge in [0.15, 0.2) is 0 Å². The highest BCUT2D eigenvalue weighted by Gasteiger charge is 2.20. The lowest BCUT2D eigenvalue weighted by atomic mass is 10.2. The molecule has 2 atom stereocenters. The molecule has 102 valence electrons. The Labute approximate surface area is 108 Å². The molecule has 1 aromatic carbocycles. The van der Waals surface area contributed by atoms with E-state index in [1.165, 1.54) is 6.07 Å². The van der Waals surface area contributed by atoms with Gasteiger partial charge < -0.3 is 10.8 Å². The molecule has 0 aromatic heterocycles. The normalized spacial score (nSPS) is 15.3. The van der Waals surface area contributed by atoms with E-state index in [0.717, 1.165) is 0 Å². The van der Waals surface area contributed by atoms with Gasteiger partial charge in [-0.3, -0.25) is 0 Å². The van der Waals surface area contributed by atoms with Crippen LogP contribution in [0.4, 0.5) is 5.69 Å². The van der Waals surface area contributed by atoms with Gasteiger partial charge in [-0.15, -0.1) is 0 Å². The summed E-state index contributed by atoms with van der Waals surface area (Å²) < 4.78 is 26.8. The molecular weight excluding hydrogens is 252 g/mol. The molecule has 4 N–H and O–H groups in total. The van der Waals surface area contributed by atoms with Crippen LogP contribution in [0.25, 0.3) is 0 Å². The fourth-order valence-electron chi connectivity index (χ4n) is 1.79. The number of hydrogen-bond acceptors (Lipinski definition) is 4. The Morgan fingerprint density at radius 3 is 2.56 bits per heavy atom. The molecule has 2 unspecified atom stereocenters. The predicted molar refractivity (Wildman–Crippen MR) is 71.7 cm³/mol. The van der Waals surface area contributed by atoms with Crippen LogP contribution in [-0.2, 0) is 10.0 Å². The summed E-state index contributed by atoms with van der Waals surface area (Å²) in [6.45, 7) is 5.05. The first-order valence-electron chi connectivity index (χ1n) is 5.79. The summed E-state index contributed by atoms with van der Waals surface area (Å²) in [7, 11) is -3.60. The first-order valence-corrected chi connectivity index (χ1v) is 7.27. The lowest BCUT2D eigenvalue weighted by molar-refractivity contribution is 0.175. The number of hydrogen-bond donors (Lipinski definition) is 3. The third kappa shape index (κ3) is 3.97. The topological polar surface area (TPSA) is 92.4 Å². The van der Waals surface area contributed by atoms with E-state index in [1.54, 1.807) is 32.9 Å². The van der Waals surface area contributed by atoms with E-state index in [0.29, 0.717) is 17.7 Å². The first-order chi connectivity index (χ1) is 8.22. The van der Waals surface area contributed by atoms with Gasteiger partial charge in [-0.1, -0.05) is 6.07 Å². The summed E-state index contributed by atoms with van der Waals surface area (Å²) in [5.41, 5.74) is 6.65. The van der Waals surface area contributed by atoms with Crippen LogP contribution in [0, 0.1) is 6.92 Å². The maximum atomic E-state index is 12.1. The molecule has 1 rings (SSSR count). The minimum atomic E-state index is -3.60. The standard InChI is InChI=1S/C12H20N2O3S/c1-8-4-5-11(13)7-12(8)18(16,17)14-9(2)6-10(3)15/h4-5,7,9-10,14-15H,6,13H2,1-3H3. The van der Waals surface area contributed by atoms with Gasteiger partial charge in [-0.25, -0.2) is 13.1 Å². The Hall–Kier alpha value is -1.11. The highest BCUT2D eigenvalue weighted by molar-refractivity contribution is 7.89. The Bertz CT molecular complexity index is 512. The third-order valence-corrected chi connectivity index (χ3v) is 4.28. The van der Waals surface area contributed by atoms with E-state index < -0.39 is 16.1 Å². The van der Waals surface area contributed by atoms with Gasteiger partial charge in [-0.05, 0) is 44.9 Å². The molecule has 0 saturated carbocycles. The predicted octanol–water partition coefficient (Wildman–Crippen LogP) is 1.01. The van der Waals surface area contributed by atoms with Crippen molar-refractivity contribution in [1.82, 2.24) is 4.72 Å². The molecule has 0 bridgehead atoms. The number of nitrogens with one attached hydrogen (secondary N) is 1. The van der Waals surface area contributed by atoms with Crippen molar-refractivity contribution in [2.75, 3.05) is 5.73 Å². The van der Waals surface area contributed by atoms with Crippen molar-refractivity contribution in [3.63, 3.8) is 0 Å².